The lowest BCUT2D eigenvalue weighted by Crippen LogP contribution is -2.46. The molecule has 1 unspecified atom stereocenters. The number of carbonyl (C=O) groups excluding carboxylic acids is 1. The van der Waals surface area contributed by atoms with Crippen LogP contribution in [0.15, 0.2) is 12.1 Å². The van der Waals surface area contributed by atoms with Crippen LogP contribution in [0.4, 0.5) is 5.82 Å². The van der Waals surface area contributed by atoms with E-state index in [1.165, 1.54) is 0 Å². The third-order valence-electron chi connectivity index (χ3n) is 3.14. The molecule has 0 fully saturated rings. The van der Waals surface area contributed by atoms with Crippen LogP contribution >= 0.6 is 7.82 Å². The van der Waals surface area contributed by atoms with Gasteiger partial charge in [0.1, 0.15) is 6.73 Å². The van der Waals surface area contributed by atoms with Gasteiger partial charge < -0.3 is 14.5 Å². The van der Waals surface area contributed by atoms with E-state index in [4.69, 9.17) is 14.5 Å². The Morgan fingerprint density at radius 2 is 2.05 bits per heavy atom. The number of fused-ring (bicyclic) bond motifs is 1. The summed E-state index contributed by atoms with van der Waals surface area (Å²) in [5.41, 5.74) is 0.468. The minimum atomic E-state index is -4.70. The van der Waals surface area contributed by atoms with E-state index in [2.05, 4.69) is 9.51 Å². The van der Waals surface area contributed by atoms with Gasteiger partial charge in [0.15, 0.2) is 17.7 Å². The number of phosphoric acid groups is 1. The molecule has 1 amide bonds. The summed E-state index contributed by atoms with van der Waals surface area (Å²) in [4.78, 5) is 35.3. The Labute approximate surface area is 128 Å². The average Bonchev–Trinajstić information content (AvgIpc) is 2.36. The Bertz CT molecular complexity index is 636. The highest BCUT2D eigenvalue weighted by Crippen LogP contribution is 2.39. The number of hydrogen-bond donors (Lipinski definition) is 2. The monoisotopic (exact) mass is 330 g/mol. The number of phosphoric ester groups is 1. The van der Waals surface area contributed by atoms with E-state index in [0.717, 1.165) is 10.6 Å². The third-order valence-corrected chi connectivity index (χ3v) is 3.59. The third kappa shape index (κ3) is 3.64. The Kier molecular flexibility index (Phi) is 4.32. The van der Waals surface area contributed by atoms with E-state index in [1.54, 1.807) is 19.1 Å². The molecule has 0 saturated heterocycles. The molecule has 122 valence electrons. The Balaban J connectivity index is 2.41. The average molecular weight is 330 g/mol. The van der Waals surface area contributed by atoms with Gasteiger partial charge in [-0.05, 0) is 19.1 Å². The summed E-state index contributed by atoms with van der Waals surface area (Å²) in [5.74, 6) is 0.0953. The lowest BCUT2D eigenvalue weighted by atomic mass is 9.91. The van der Waals surface area contributed by atoms with Gasteiger partial charge in [0, 0.05) is 11.1 Å². The van der Waals surface area contributed by atoms with Gasteiger partial charge in [0.05, 0.1) is 0 Å². The molecule has 2 N–H and O–H groups in total. The van der Waals surface area contributed by atoms with E-state index in [1.807, 2.05) is 20.8 Å². The Hall–Kier alpha value is -1.47. The maximum absolute atomic E-state index is 12.2. The van der Waals surface area contributed by atoms with Crippen LogP contribution in [0.2, 0.25) is 0 Å². The summed E-state index contributed by atoms with van der Waals surface area (Å²) in [6.45, 7) is 6.85. The molecule has 0 saturated carbocycles. The lowest BCUT2D eigenvalue weighted by Gasteiger charge is -2.32. The lowest BCUT2D eigenvalue weighted by molar-refractivity contribution is -0.126. The predicted octanol–water partition coefficient (Wildman–Crippen LogP) is 1.56. The largest absolute Gasteiger partial charge is 0.477 e. The summed E-state index contributed by atoms with van der Waals surface area (Å²) in [6, 6.07) is 3.49. The zero-order valence-corrected chi connectivity index (χ0v) is 13.7. The van der Waals surface area contributed by atoms with Crippen molar-refractivity contribution in [3.05, 3.63) is 17.8 Å². The molecule has 8 nitrogen and oxygen atoms in total. The number of aromatic nitrogens is 1. The molecule has 1 aliphatic rings. The summed E-state index contributed by atoms with van der Waals surface area (Å²) in [7, 11) is -4.70. The van der Waals surface area contributed by atoms with E-state index in [9.17, 15) is 9.36 Å². The highest BCUT2D eigenvalue weighted by Gasteiger charge is 2.35. The maximum atomic E-state index is 12.2. The standard InChI is InChI=1S/C13H19N2O6P/c1-8-12(16)15(7-20-22(17,18)19)11-9(21-8)5-6-10(14-11)13(2,3)4/h5-6,8H,7H2,1-4H3,(H2,17,18,19). The number of carbonyl (C=O) groups is 1. The van der Waals surface area contributed by atoms with Crippen molar-refractivity contribution < 1.29 is 28.4 Å². The molecule has 1 aromatic heterocycles. The van der Waals surface area contributed by atoms with Crippen molar-refractivity contribution in [1.29, 1.82) is 0 Å². The number of hydrogen-bond acceptors (Lipinski definition) is 5. The molecule has 1 aromatic rings. The second-order valence-electron chi connectivity index (χ2n) is 6.04. The molecule has 1 aliphatic heterocycles. The minimum Gasteiger partial charge on any atom is -0.477 e. The van der Waals surface area contributed by atoms with Crippen LogP contribution in [0.1, 0.15) is 33.4 Å². The van der Waals surface area contributed by atoms with Crippen LogP contribution in [0.25, 0.3) is 0 Å². The van der Waals surface area contributed by atoms with Gasteiger partial charge in [-0.3, -0.25) is 14.2 Å². The number of rotatable bonds is 3. The SMILES string of the molecule is CC1Oc2ccc(C(C)(C)C)nc2N(COP(=O)(O)O)C1=O. The second-order valence-corrected chi connectivity index (χ2v) is 7.28. The van der Waals surface area contributed by atoms with Crippen molar-refractivity contribution in [2.45, 2.75) is 39.2 Å². The minimum absolute atomic E-state index is 0.198. The zero-order valence-electron chi connectivity index (χ0n) is 12.8. The van der Waals surface area contributed by atoms with Crippen LogP contribution in [0.3, 0.4) is 0 Å². The van der Waals surface area contributed by atoms with Crippen LogP contribution in [-0.2, 0) is 19.3 Å². The van der Waals surface area contributed by atoms with Gasteiger partial charge >= 0.3 is 7.82 Å². The summed E-state index contributed by atoms with van der Waals surface area (Å²) in [6.07, 6.45) is -0.782. The Morgan fingerprint density at radius 3 is 2.59 bits per heavy atom. The van der Waals surface area contributed by atoms with Crippen molar-refractivity contribution in [3.63, 3.8) is 0 Å². The summed E-state index contributed by atoms with van der Waals surface area (Å²) >= 11 is 0. The summed E-state index contributed by atoms with van der Waals surface area (Å²) < 4.78 is 20.8. The molecule has 2 heterocycles. The first-order valence-electron chi connectivity index (χ1n) is 6.69. The van der Waals surface area contributed by atoms with Crippen LogP contribution in [0.5, 0.6) is 5.75 Å². The molecule has 2 rings (SSSR count). The van der Waals surface area contributed by atoms with Gasteiger partial charge in [-0.2, -0.15) is 0 Å². The second kappa shape index (κ2) is 5.62. The number of anilines is 1. The quantitative estimate of drug-likeness (QED) is 0.809. The molecular formula is C13H19N2O6P. The molecule has 0 bridgehead atoms. The Morgan fingerprint density at radius 1 is 1.41 bits per heavy atom. The van der Waals surface area contributed by atoms with E-state index < -0.39 is 26.6 Å². The maximum Gasteiger partial charge on any atom is 0.471 e. The van der Waals surface area contributed by atoms with Crippen molar-refractivity contribution >= 4 is 19.5 Å². The van der Waals surface area contributed by atoms with Crippen molar-refractivity contribution in [1.82, 2.24) is 4.98 Å². The number of nitrogens with zero attached hydrogens (tertiary/aromatic N) is 2. The predicted molar refractivity (Wildman–Crippen MR) is 78.5 cm³/mol. The van der Waals surface area contributed by atoms with Crippen LogP contribution in [-0.4, -0.2) is 33.5 Å². The first-order valence-corrected chi connectivity index (χ1v) is 8.22. The van der Waals surface area contributed by atoms with E-state index in [0.29, 0.717) is 5.75 Å². The normalized spacial score (nSPS) is 18.9. The smallest absolute Gasteiger partial charge is 0.471 e. The molecule has 0 aromatic carbocycles. The van der Waals surface area contributed by atoms with Crippen molar-refractivity contribution in [3.8, 4) is 5.75 Å². The molecular weight excluding hydrogens is 311 g/mol. The molecule has 22 heavy (non-hydrogen) atoms. The van der Waals surface area contributed by atoms with Gasteiger partial charge in [0.2, 0.25) is 0 Å². The van der Waals surface area contributed by atoms with Crippen LogP contribution < -0.4 is 9.64 Å². The number of pyridine rings is 1. The van der Waals surface area contributed by atoms with Gasteiger partial charge in [-0.1, -0.05) is 20.8 Å². The summed E-state index contributed by atoms with van der Waals surface area (Å²) in [5, 5.41) is 0. The van der Waals surface area contributed by atoms with Gasteiger partial charge in [-0.15, -0.1) is 0 Å². The molecule has 0 spiro atoms. The number of amides is 1. The molecule has 0 radical (unpaired) electrons. The highest BCUT2D eigenvalue weighted by molar-refractivity contribution is 7.46. The van der Waals surface area contributed by atoms with Crippen LogP contribution in [0, 0.1) is 0 Å². The first kappa shape index (κ1) is 16.9. The molecule has 9 heteroatoms. The molecule has 0 aliphatic carbocycles. The first-order chi connectivity index (χ1) is 9.99. The topological polar surface area (TPSA) is 109 Å². The van der Waals surface area contributed by atoms with Gasteiger partial charge in [0.25, 0.3) is 5.91 Å². The van der Waals surface area contributed by atoms with Gasteiger partial charge in [-0.25, -0.2) is 9.55 Å². The van der Waals surface area contributed by atoms with E-state index in [-0.39, 0.29) is 11.2 Å². The van der Waals surface area contributed by atoms with Crippen molar-refractivity contribution in [2.24, 2.45) is 0 Å². The zero-order chi connectivity index (χ0) is 16.7. The fourth-order valence-electron chi connectivity index (χ4n) is 1.96. The van der Waals surface area contributed by atoms with E-state index >= 15 is 0 Å². The fraction of sp³-hybridized carbons (Fsp3) is 0.538. The number of ether oxygens (including phenoxy) is 1. The fourth-order valence-corrected chi connectivity index (χ4v) is 2.23. The van der Waals surface area contributed by atoms with Crippen molar-refractivity contribution in [2.75, 3.05) is 11.6 Å². The molecule has 1 atom stereocenters. The highest BCUT2D eigenvalue weighted by atomic mass is 31.2.